The molecule has 0 saturated carbocycles. The third-order valence-electron chi connectivity index (χ3n) is 2.97. The van der Waals surface area contributed by atoms with Crippen molar-refractivity contribution < 1.29 is 0 Å². The predicted octanol–water partition coefficient (Wildman–Crippen LogP) is 4.35. The first-order valence-electron chi connectivity index (χ1n) is 6.35. The van der Waals surface area contributed by atoms with Crippen molar-refractivity contribution in [1.82, 2.24) is 15.1 Å². The lowest BCUT2D eigenvalue weighted by Crippen LogP contribution is -2.19. The molecule has 5 heteroatoms. The third kappa shape index (κ3) is 3.59. The summed E-state index contributed by atoms with van der Waals surface area (Å²) >= 11 is 9.73. The zero-order chi connectivity index (χ0) is 13.8. The van der Waals surface area contributed by atoms with Gasteiger partial charge in [0.15, 0.2) is 0 Å². The SMILES string of the molecule is CCCNC(C)c1ccc(-n2cc(Br)cn2)c(Cl)c1. The van der Waals surface area contributed by atoms with Crippen LogP contribution >= 0.6 is 27.5 Å². The first-order valence-corrected chi connectivity index (χ1v) is 7.52. The average molecular weight is 343 g/mol. The zero-order valence-corrected chi connectivity index (χ0v) is 13.4. The Balaban J connectivity index is 2.22. The fraction of sp³-hybridized carbons (Fsp3) is 0.357. The summed E-state index contributed by atoms with van der Waals surface area (Å²) in [5, 5.41) is 8.40. The fourth-order valence-electron chi connectivity index (χ4n) is 1.89. The molecule has 1 N–H and O–H groups in total. The minimum absolute atomic E-state index is 0.302. The minimum Gasteiger partial charge on any atom is -0.310 e. The number of hydrogen-bond acceptors (Lipinski definition) is 2. The second kappa shape index (κ2) is 6.55. The van der Waals surface area contributed by atoms with Gasteiger partial charge >= 0.3 is 0 Å². The summed E-state index contributed by atoms with van der Waals surface area (Å²) in [7, 11) is 0. The van der Waals surface area contributed by atoms with Gasteiger partial charge in [0.05, 0.1) is 21.4 Å². The van der Waals surface area contributed by atoms with E-state index in [2.05, 4.69) is 46.3 Å². The van der Waals surface area contributed by atoms with Crippen molar-refractivity contribution in [3.8, 4) is 5.69 Å². The molecule has 0 aliphatic rings. The van der Waals surface area contributed by atoms with Crippen LogP contribution in [0.5, 0.6) is 0 Å². The van der Waals surface area contributed by atoms with Crippen LogP contribution in [0, 0.1) is 0 Å². The summed E-state index contributed by atoms with van der Waals surface area (Å²) in [6, 6.07) is 6.39. The molecular weight excluding hydrogens is 326 g/mol. The molecule has 0 bridgehead atoms. The van der Waals surface area contributed by atoms with Crippen LogP contribution in [-0.2, 0) is 0 Å². The van der Waals surface area contributed by atoms with Gasteiger partial charge < -0.3 is 5.32 Å². The molecule has 0 amide bonds. The van der Waals surface area contributed by atoms with Crippen LogP contribution in [0.1, 0.15) is 31.9 Å². The molecule has 0 fully saturated rings. The number of nitrogens with zero attached hydrogens (tertiary/aromatic N) is 2. The van der Waals surface area contributed by atoms with Gasteiger partial charge in [-0.15, -0.1) is 0 Å². The molecule has 1 heterocycles. The van der Waals surface area contributed by atoms with Gasteiger partial charge in [0, 0.05) is 12.2 Å². The second-order valence-corrected chi connectivity index (χ2v) is 5.81. The average Bonchev–Trinajstić information content (AvgIpc) is 2.82. The summed E-state index contributed by atoms with van der Waals surface area (Å²) in [5.41, 5.74) is 2.08. The monoisotopic (exact) mass is 341 g/mol. The quantitative estimate of drug-likeness (QED) is 0.875. The Morgan fingerprint density at radius 3 is 2.84 bits per heavy atom. The van der Waals surface area contributed by atoms with Crippen molar-refractivity contribution in [3.05, 3.63) is 45.7 Å². The highest BCUT2D eigenvalue weighted by molar-refractivity contribution is 9.10. The summed E-state index contributed by atoms with van der Waals surface area (Å²) in [6.45, 7) is 5.31. The Morgan fingerprint density at radius 2 is 2.26 bits per heavy atom. The van der Waals surface area contributed by atoms with E-state index in [0.717, 1.165) is 23.1 Å². The molecule has 0 aliphatic heterocycles. The maximum Gasteiger partial charge on any atom is 0.0832 e. The van der Waals surface area contributed by atoms with Gasteiger partial charge in [-0.05, 0) is 53.5 Å². The summed E-state index contributed by atoms with van der Waals surface area (Å²) in [5.74, 6) is 0. The molecule has 2 aromatic rings. The topological polar surface area (TPSA) is 29.9 Å². The largest absolute Gasteiger partial charge is 0.310 e. The van der Waals surface area contributed by atoms with Crippen LogP contribution < -0.4 is 5.32 Å². The number of benzene rings is 1. The lowest BCUT2D eigenvalue weighted by atomic mass is 10.1. The molecule has 0 radical (unpaired) electrons. The van der Waals surface area contributed by atoms with E-state index >= 15 is 0 Å². The smallest absolute Gasteiger partial charge is 0.0832 e. The molecule has 3 nitrogen and oxygen atoms in total. The zero-order valence-electron chi connectivity index (χ0n) is 11.0. The lowest BCUT2D eigenvalue weighted by Gasteiger charge is -2.15. The third-order valence-corrected chi connectivity index (χ3v) is 3.68. The van der Waals surface area contributed by atoms with Crippen LogP contribution in [0.25, 0.3) is 5.69 Å². The number of rotatable bonds is 5. The molecule has 1 aromatic heterocycles. The molecule has 0 aliphatic carbocycles. The van der Waals surface area contributed by atoms with Crippen LogP contribution in [-0.4, -0.2) is 16.3 Å². The number of halogens is 2. The van der Waals surface area contributed by atoms with Crippen LogP contribution in [0.3, 0.4) is 0 Å². The fourth-order valence-corrected chi connectivity index (χ4v) is 2.45. The number of aromatic nitrogens is 2. The molecule has 1 aromatic carbocycles. The standard InChI is InChI=1S/C14H17BrClN3/c1-3-6-17-10(2)11-4-5-14(13(16)7-11)19-9-12(15)8-18-19/h4-5,7-10,17H,3,6H2,1-2H3. The van der Waals surface area contributed by atoms with E-state index in [9.17, 15) is 0 Å². The van der Waals surface area contributed by atoms with Crippen molar-refractivity contribution in [2.75, 3.05) is 6.54 Å². The lowest BCUT2D eigenvalue weighted by molar-refractivity contribution is 0.570. The van der Waals surface area contributed by atoms with Gasteiger partial charge in [-0.2, -0.15) is 5.10 Å². The van der Waals surface area contributed by atoms with Gasteiger partial charge in [0.2, 0.25) is 0 Å². The van der Waals surface area contributed by atoms with E-state index in [-0.39, 0.29) is 0 Å². The van der Waals surface area contributed by atoms with Gasteiger partial charge in [-0.1, -0.05) is 24.6 Å². The van der Waals surface area contributed by atoms with Gasteiger partial charge in [0.1, 0.15) is 0 Å². The van der Waals surface area contributed by atoms with E-state index in [0.29, 0.717) is 11.1 Å². The molecule has 1 atom stereocenters. The first-order chi connectivity index (χ1) is 9.11. The highest BCUT2D eigenvalue weighted by Crippen LogP contribution is 2.25. The first kappa shape index (κ1) is 14.6. The van der Waals surface area contributed by atoms with Crippen LogP contribution in [0.15, 0.2) is 35.1 Å². The minimum atomic E-state index is 0.302. The van der Waals surface area contributed by atoms with Gasteiger partial charge in [0.25, 0.3) is 0 Å². The van der Waals surface area contributed by atoms with E-state index < -0.39 is 0 Å². The summed E-state index contributed by atoms with van der Waals surface area (Å²) in [4.78, 5) is 0. The van der Waals surface area contributed by atoms with E-state index in [1.54, 1.807) is 10.9 Å². The van der Waals surface area contributed by atoms with Crippen LogP contribution in [0.2, 0.25) is 5.02 Å². The second-order valence-electron chi connectivity index (χ2n) is 4.49. The Labute approximate surface area is 127 Å². The Hall–Kier alpha value is -0.840. The molecule has 1 unspecified atom stereocenters. The molecule has 102 valence electrons. The number of hydrogen-bond donors (Lipinski definition) is 1. The van der Waals surface area contributed by atoms with E-state index in [1.165, 1.54) is 5.56 Å². The normalized spacial score (nSPS) is 12.6. The van der Waals surface area contributed by atoms with Gasteiger partial charge in [-0.25, -0.2) is 4.68 Å². The van der Waals surface area contributed by atoms with Crippen molar-refractivity contribution in [2.24, 2.45) is 0 Å². The molecule has 2 rings (SSSR count). The predicted molar refractivity (Wildman–Crippen MR) is 83.0 cm³/mol. The van der Waals surface area contributed by atoms with Gasteiger partial charge in [-0.3, -0.25) is 0 Å². The summed E-state index contributed by atoms with van der Waals surface area (Å²) < 4.78 is 2.70. The summed E-state index contributed by atoms with van der Waals surface area (Å²) in [6.07, 6.45) is 4.76. The van der Waals surface area contributed by atoms with Crippen molar-refractivity contribution in [3.63, 3.8) is 0 Å². The van der Waals surface area contributed by atoms with E-state index in [1.807, 2.05) is 18.3 Å². The maximum atomic E-state index is 6.35. The Morgan fingerprint density at radius 1 is 1.47 bits per heavy atom. The molecule has 0 spiro atoms. The Bertz CT molecular complexity index is 553. The van der Waals surface area contributed by atoms with Crippen molar-refractivity contribution >= 4 is 27.5 Å². The molecular formula is C14H17BrClN3. The van der Waals surface area contributed by atoms with Crippen LogP contribution in [0.4, 0.5) is 0 Å². The number of nitrogens with one attached hydrogen (secondary N) is 1. The van der Waals surface area contributed by atoms with Crippen molar-refractivity contribution in [1.29, 1.82) is 0 Å². The van der Waals surface area contributed by atoms with Crippen molar-refractivity contribution in [2.45, 2.75) is 26.3 Å². The highest BCUT2D eigenvalue weighted by Gasteiger charge is 2.09. The highest BCUT2D eigenvalue weighted by atomic mass is 79.9. The Kier molecular flexibility index (Phi) is 5.02. The maximum absolute atomic E-state index is 6.35. The molecule has 19 heavy (non-hydrogen) atoms. The molecule has 0 saturated heterocycles. The van der Waals surface area contributed by atoms with E-state index in [4.69, 9.17) is 11.6 Å².